The number of carbonyl (C=O) groups excluding carboxylic acids is 1. The third-order valence-electron chi connectivity index (χ3n) is 3.26. The molecule has 0 aliphatic carbocycles. The topological polar surface area (TPSA) is 45.2 Å². The Bertz CT molecular complexity index is 360. The smallest absolute Gasteiger partial charge is 0.255 e. The van der Waals surface area contributed by atoms with Crippen molar-refractivity contribution < 1.29 is 4.79 Å². The molecule has 0 bridgehead atoms. The van der Waals surface area contributed by atoms with Crippen molar-refractivity contribution in [2.45, 2.75) is 25.8 Å². The van der Waals surface area contributed by atoms with Crippen LogP contribution < -0.4 is 5.32 Å². The van der Waals surface area contributed by atoms with Gasteiger partial charge in [-0.05, 0) is 45.0 Å². The largest absolute Gasteiger partial charge is 0.336 e. The summed E-state index contributed by atoms with van der Waals surface area (Å²) < 4.78 is 0. The minimum Gasteiger partial charge on any atom is -0.336 e. The van der Waals surface area contributed by atoms with Crippen molar-refractivity contribution in [2.24, 2.45) is 0 Å². The van der Waals surface area contributed by atoms with Crippen molar-refractivity contribution in [1.82, 2.24) is 15.2 Å². The molecule has 1 aliphatic rings. The number of hydrogen-bond donors (Lipinski definition) is 1. The lowest BCUT2D eigenvalue weighted by Crippen LogP contribution is -2.46. The number of carbonyl (C=O) groups is 1. The van der Waals surface area contributed by atoms with E-state index in [1.54, 1.807) is 12.4 Å². The predicted octanol–water partition coefficient (Wildman–Crippen LogP) is 1.30. The fourth-order valence-electron chi connectivity index (χ4n) is 2.34. The van der Waals surface area contributed by atoms with Gasteiger partial charge in [-0.3, -0.25) is 9.78 Å². The number of rotatable bonds is 3. The second-order valence-electron chi connectivity index (χ2n) is 4.31. The number of pyridine rings is 1. The minimum absolute atomic E-state index is 0.104. The van der Waals surface area contributed by atoms with Gasteiger partial charge in [0, 0.05) is 25.0 Å². The highest BCUT2D eigenvalue weighted by atomic mass is 16.2. The van der Waals surface area contributed by atoms with E-state index in [0.717, 1.165) is 32.5 Å². The summed E-state index contributed by atoms with van der Waals surface area (Å²) in [6, 6.07) is 4.01. The predicted molar refractivity (Wildman–Crippen MR) is 66.8 cm³/mol. The molecule has 0 aromatic carbocycles. The standard InChI is InChI=1S/C13H19N3O/c1-2-16(12-5-8-14-9-6-12)13(17)11-4-3-7-15-10-11/h3-4,7,10,12,14H,2,5-6,8-9H2,1H3. The van der Waals surface area contributed by atoms with E-state index >= 15 is 0 Å². The Kier molecular flexibility index (Phi) is 4.09. The van der Waals surface area contributed by atoms with Crippen LogP contribution in [0.25, 0.3) is 0 Å². The molecule has 0 saturated carbocycles. The summed E-state index contributed by atoms with van der Waals surface area (Å²) in [6.45, 7) is 4.80. The van der Waals surface area contributed by atoms with E-state index < -0.39 is 0 Å². The summed E-state index contributed by atoms with van der Waals surface area (Å²) in [4.78, 5) is 18.3. The van der Waals surface area contributed by atoms with Gasteiger partial charge >= 0.3 is 0 Å². The number of nitrogens with one attached hydrogen (secondary N) is 1. The molecule has 2 rings (SSSR count). The average Bonchev–Trinajstić information content (AvgIpc) is 2.42. The second kappa shape index (κ2) is 5.77. The van der Waals surface area contributed by atoms with Crippen molar-refractivity contribution in [1.29, 1.82) is 0 Å². The van der Waals surface area contributed by atoms with Gasteiger partial charge in [0.25, 0.3) is 5.91 Å². The summed E-state index contributed by atoms with van der Waals surface area (Å²) >= 11 is 0. The molecule has 1 amide bonds. The number of nitrogens with zero attached hydrogens (tertiary/aromatic N) is 2. The van der Waals surface area contributed by atoms with Crippen LogP contribution in [0, 0.1) is 0 Å². The fourth-order valence-corrected chi connectivity index (χ4v) is 2.34. The van der Waals surface area contributed by atoms with Crippen LogP contribution in [-0.4, -0.2) is 41.5 Å². The van der Waals surface area contributed by atoms with E-state index in [1.807, 2.05) is 24.0 Å². The average molecular weight is 233 g/mol. The molecule has 0 spiro atoms. The zero-order valence-corrected chi connectivity index (χ0v) is 10.2. The molecule has 1 saturated heterocycles. The minimum atomic E-state index is 0.104. The molecule has 4 heteroatoms. The number of piperidine rings is 1. The van der Waals surface area contributed by atoms with Gasteiger partial charge in [0.15, 0.2) is 0 Å². The SMILES string of the molecule is CCN(C(=O)c1cccnc1)C1CCNCC1. The second-order valence-corrected chi connectivity index (χ2v) is 4.31. The molecule has 2 heterocycles. The maximum atomic E-state index is 12.3. The lowest BCUT2D eigenvalue weighted by atomic mass is 10.0. The molecule has 1 fully saturated rings. The zero-order valence-electron chi connectivity index (χ0n) is 10.2. The Hall–Kier alpha value is -1.42. The molecule has 17 heavy (non-hydrogen) atoms. The van der Waals surface area contributed by atoms with Crippen LogP contribution in [0.4, 0.5) is 0 Å². The van der Waals surface area contributed by atoms with Crippen molar-refractivity contribution in [3.63, 3.8) is 0 Å². The molecule has 92 valence electrons. The molecular formula is C13H19N3O. The van der Waals surface area contributed by atoms with Gasteiger partial charge in [-0.25, -0.2) is 0 Å². The first-order chi connectivity index (χ1) is 8.33. The van der Waals surface area contributed by atoms with E-state index in [-0.39, 0.29) is 5.91 Å². The van der Waals surface area contributed by atoms with Gasteiger partial charge in [-0.15, -0.1) is 0 Å². The van der Waals surface area contributed by atoms with E-state index in [2.05, 4.69) is 10.3 Å². The first kappa shape index (κ1) is 12.0. The van der Waals surface area contributed by atoms with Gasteiger partial charge < -0.3 is 10.2 Å². The Morgan fingerprint density at radius 1 is 1.53 bits per heavy atom. The van der Waals surface area contributed by atoms with Crippen molar-refractivity contribution >= 4 is 5.91 Å². The Labute approximate surface area is 102 Å². The molecule has 0 unspecified atom stereocenters. The van der Waals surface area contributed by atoms with Gasteiger partial charge in [-0.1, -0.05) is 0 Å². The third-order valence-corrected chi connectivity index (χ3v) is 3.26. The van der Waals surface area contributed by atoms with E-state index in [9.17, 15) is 4.79 Å². The van der Waals surface area contributed by atoms with E-state index in [4.69, 9.17) is 0 Å². The van der Waals surface area contributed by atoms with Crippen molar-refractivity contribution in [2.75, 3.05) is 19.6 Å². The highest BCUT2D eigenvalue weighted by Gasteiger charge is 2.24. The lowest BCUT2D eigenvalue weighted by molar-refractivity contribution is 0.0655. The summed E-state index contributed by atoms with van der Waals surface area (Å²) in [6.07, 6.45) is 5.42. The lowest BCUT2D eigenvalue weighted by Gasteiger charge is -2.33. The van der Waals surface area contributed by atoms with Gasteiger partial charge in [-0.2, -0.15) is 0 Å². The Balaban J connectivity index is 2.09. The van der Waals surface area contributed by atoms with Crippen LogP contribution in [0.3, 0.4) is 0 Å². The Morgan fingerprint density at radius 2 is 2.29 bits per heavy atom. The number of aromatic nitrogens is 1. The highest BCUT2D eigenvalue weighted by molar-refractivity contribution is 5.94. The molecule has 4 nitrogen and oxygen atoms in total. The van der Waals surface area contributed by atoms with Crippen LogP contribution in [0.2, 0.25) is 0 Å². The number of amides is 1. The molecule has 1 aromatic rings. The Morgan fingerprint density at radius 3 is 2.88 bits per heavy atom. The maximum absolute atomic E-state index is 12.3. The summed E-state index contributed by atoms with van der Waals surface area (Å²) in [5.41, 5.74) is 0.688. The molecule has 1 aliphatic heterocycles. The third kappa shape index (κ3) is 2.82. The van der Waals surface area contributed by atoms with Gasteiger partial charge in [0.2, 0.25) is 0 Å². The highest BCUT2D eigenvalue weighted by Crippen LogP contribution is 2.14. The number of hydrogen-bond acceptors (Lipinski definition) is 3. The van der Waals surface area contributed by atoms with Crippen molar-refractivity contribution in [3.8, 4) is 0 Å². The van der Waals surface area contributed by atoms with Crippen molar-refractivity contribution in [3.05, 3.63) is 30.1 Å². The molecular weight excluding hydrogens is 214 g/mol. The van der Waals surface area contributed by atoms with E-state index in [1.165, 1.54) is 0 Å². The first-order valence-corrected chi connectivity index (χ1v) is 6.24. The quantitative estimate of drug-likeness (QED) is 0.855. The normalized spacial score (nSPS) is 16.8. The monoisotopic (exact) mass is 233 g/mol. The fraction of sp³-hybridized carbons (Fsp3) is 0.538. The van der Waals surface area contributed by atoms with Gasteiger partial charge in [0.05, 0.1) is 5.56 Å². The van der Waals surface area contributed by atoms with Crippen LogP contribution in [-0.2, 0) is 0 Å². The summed E-state index contributed by atoms with van der Waals surface area (Å²) in [7, 11) is 0. The molecule has 1 N–H and O–H groups in total. The molecule has 0 atom stereocenters. The zero-order chi connectivity index (χ0) is 12.1. The van der Waals surface area contributed by atoms with Gasteiger partial charge in [0.1, 0.15) is 0 Å². The van der Waals surface area contributed by atoms with Crippen LogP contribution >= 0.6 is 0 Å². The first-order valence-electron chi connectivity index (χ1n) is 6.24. The van der Waals surface area contributed by atoms with Crippen LogP contribution in [0.1, 0.15) is 30.1 Å². The maximum Gasteiger partial charge on any atom is 0.255 e. The van der Waals surface area contributed by atoms with E-state index in [0.29, 0.717) is 11.6 Å². The molecule has 0 radical (unpaired) electrons. The molecule has 1 aromatic heterocycles. The van der Waals surface area contributed by atoms with Crippen LogP contribution in [0.15, 0.2) is 24.5 Å². The summed E-state index contributed by atoms with van der Waals surface area (Å²) in [5, 5.41) is 3.32. The summed E-state index contributed by atoms with van der Waals surface area (Å²) in [5.74, 6) is 0.104. The van der Waals surface area contributed by atoms with Crippen LogP contribution in [0.5, 0.6) is 0 Å².